The number of benzene rings is 4. The zero-order valence-electron chi connectivity index (χ0n) is 24.2. The molecule has 11 heteroatoms. The van der Waals surface area contributed by atoms with Gasteiger partial charge in [-0.15, -0.1) is 0 Å². The number of hydrogen-bond acceptors (Lipinski definition) is 4. The summed E-state index contributed by atoms with van der Waals surface area (Å²) in [5, 5.41) is 3.48. The first-order chi connectivity index (χ1) is 21.0. The number of anilines is 1. The van der Waals surface area contributed by atoms with Gasteiger partial charge in [-0.05, 0) is 73.5 Å². The Labute approximate surface area is 267 Å². The summed E-state index contributed by atoms with van der Waals surface area (Å²) in [5.41, 5.74) is 2.25. The van der Waals surface area contributed by atoms with Crippen LogP contribution in [0.15, 0.2) is 102 Å². The van der Waals surface area contributed by atoms with Crippen molar-refractivity contribution in [2.75, 3.05) is 17.4 Å². The lowest BCUT2D eigenvalue weighted by molar-refractivity contribution is -0.140. The molecule has 230 valence electrons. The Morgan fingerprint density at radius 3 is 2.18 bits per heavy atom. The molecule has 2 amide bonds. The summed E-state index contributed by atoms with van der Waals surface area (Å²) in [4.78, 5) is 29.2. The molecule has 0 aromatic heterocycles. The van der Waals surface area contributed by atoms with E-state index in [9.17, 15) is 22.4 Å². The lowest BCUT2D eigenvalue weighted by Gasteiger charge is -2.34. The highest BCUT2D eigenvalue weighted by Gasteiger charge is 2.34. The molecule has 0 aliphatic carbocycles. The molecular formula is C33H32Cl2FN3O4S. The lowest BCUT2D eigenvalue weighted by Crippen LogP contribution is -2.53. The molecule has 0 fully saturated rings. The number of amides is 2. The van der Waals surface area contributed by atoms with Crippen LogP contribution >= 0.6 is 23.2 Å². The van der Waals surface area contributed by atoms with Crippen LogP contribution in [0.3, 0.4) is 0 Å². The normalized spacial score (nSPS) is 11.9. The number of nitrogens with zero attached hydrogens (tertiary/aromatic N) is 2. The number of rotatable bonds is 12. The van der Waals surface area contributed by atoms with Gasteiger partial charge in [-0.2, -0.15) is 0 Å². The molecule has 44 heavy (non-hydrogen) atoms. The Hall–Kier alpha value is -3.92. The van der Waals surface area contributed by atoms with Gasteiger partial charge in [0.25, 0.3) is 10.0 Å². The average molecular weight is 657 g/mol. The maximum absolute atomic E-state index is 14.3. The highest BCUT2D eigenvalue weighted by Crippen LogP contribution is 2.27. The maximum atomic E-state index is 14.3. The van der Waals surface area contributed by atoms with E-state index in [0.29, 0.717) is 17.1 Å². The highest BCUT2D eigenvalue weighted by molar-refractivity contribution is 7.92. The molecule has 4 aromatic carbocycles. The maximum Gasteiger partial charge on any atom is 0.264 e. The van der Waals surface area contributed by atoms with Crippen molar-refractivity contribution >= 4 is 50.7 Å². The lowest BCUT2D eigenvalue weighted by atomic mass is 10.0. The van der Waals surface area contributed by atoms with Crippen molar-refractivity contribution in [2.24, 2.45) is 0 Å². The topological polar surface area (TPSA) is 86.8 Å². The van der Waals surface area contributed by atoms with Crippen LogP contribution in [0.25, 0.3) is 0 Å². The van der Waals surface area contributed by atoms with E-state index in [-0.39, 0.29) is 28.6 Å². The van der Waals surface area contributed by atoms with E-state index in [1.165, 1.54) is 35.2 Å². The van der Waals surface area contributed by atoms with Gasteiger partial charge < -0.3 is 10.2 Å². The van der Waals surface area contributed by atoms with Gasteiger partial charge in [0.2, 0.25) is 11.8 Å². The van der Waals surface area contributed by atoms with E-state index < -0.39 is 40.2 Å². The van der Waals surface area contributed by atoms with Gasteiger partial charge in [0.15, 0.2) is 0 Å². The van der Waals surface area contributed by atoms with Gasteiger partial charge in [0.1, 0.15) is 18.4 Å². The Morgan fingerprint density at radius 2 is 1.57 bits per heavy atom. The molecular weight excluding hydrogens is 624 g/mol. The van der Waals surface area contributed by atoms with Crippen molar-refractivity contribution in [3.05, 3.63) is 130 Å². The molecule has 0 heterocycles. The van der Waals surface area contributed by atoms with Crippen LogP contribution in [-0.2, 0) is 32.6 Å². The van der Waals surface area contributed by atoms with E-state index in [4.69, 9.17) is 23.2 Å². The van der Waals surface area contributed by atoms with E-state index in [2.05, 4.69) is 5.32 Å². The van der Waals surface area contributed by atoms with Gasteiger partial charge >= 0.3 is 0 Å². The summed E-state index contributed by atoms with van der Waals surface area (Å²) >= 11 is 12.6. The van der Waals surface area contributed by atoms with E-state index in [1.807, 2.05) is 37.3 Å². The second-order valence-corrected chi connectivity index (χ2v) is 12.9. The van der Waals surface area contributed by atoms with Crippen molar-refractivity contribution in [3.8, 4) is 0 Å². The molecule has 4 aromatic rings. The molecule has 4 rings (SSSR count). The number of carbonyl (C=O) groups excluding carboxylic acids is 2. The van der Waals surface area contributed by atoms with Crippen LogP contribution in [0.1, 0.15) is 23.6 Å². The number of likely N-dealkylation sites (N-methyl/N-ethyl adjacent to an activating group) is 1. The van der Waals surface area contributed by atoms with Crippen molar-refractivity contribution < 1.29 is 22.4 Å². The molecule has 0 saturated carbocycles. The molecule has 1 atom stereocenters. The first kappa shape index (κ1) is 33.0. The van der Waals surface area contributed by atoms with Crippen LogP contribution in [0.5, 0.6) is 0 Å². The predicted octanol–water partition coefficient (Wildman–Crippen LogP) is 6.41. The third-order valence-corrected chi connectivity index (χ3v) is 9.36. The predicted molar refractivity (Wildman–Crippen MR) is 172 cm³/mol. The van der Waals surface area contributed by atoms with E-state index in [0.717, 1.165) is 27.6 Å². The van der Waals surface area contributed by atoms with E-state index >= 15 is 0 Å². The van der Waals surface area contributed by atoms with Crippen LogP contribution in [-0.4, -0.2) is 44.3 Å². The summed E-state index contributed by atoms with van der Waals surface area (Å²) in [6, 6.07) is 24.0. The SMILES string of the molecule is CCNC(=O)[C@@H](Cc1ccccc1)N(Cc1ccc(Cl)cc1Cl)C(=O)CN(c1ccc(F)cc1)S(=O)(=O)c1ccc(C)cc1. The molecule has 7 nitrogen and oxygen atoms in total. The fourth-order valence-corrected chi connectivity index (χ4v) is 6.54. The molecule has 1 N–H and O–H groups in total. The molecule has 0 unspecified atom stereocenters. The highest BCUT2D eigenvalue weighted by atomic mass is 35.5. The summed E-state index contributed by atoms with van der Waals surface area (Å²) < 4.78 is 42.8. The number of nitrogens with one attached hydrogen (secondary N) is 1. The summed E-state index contributed by atoms with van der Waals surface area (Å²) in [5.74, 6) is -1.64. The third kappa shape index (κ3) is 8.16. The zero-order chi connectivity index (χ0) is 31.9. The van der Waals surface area contributed by atoms with Crippen LogP contribution in [0.2, 0.25) is 10.0 Å². The van der Waals surface area contributed by atoms with Gasteiger partial charge in [0.05, 0.1) is 10.6 Å². The van der Waals surface area contributed by atoms with Gasteiger partial charge in [-0.25, -0.2) is 12.8 Å². The second-order valence-electron chi connectivity index (χ2n) is 10.2. The number of carbonyl (C=O) groups is 2. The first-order valence-corrected chi connectivity index (χ1v) is 16.1. The summed E-state index contributed by atoms with van der Waals surface area (Å²) in [7, 11) is -4.29. The molecule has 0 saturated heterocycles. The first-order valence-electron chi connectivity index (χ1n) is 13.9. The van der Waals surface area contributed by atoms with Crippen LogP contribution in [0.4, 0.5) is 10.1 Å². The number of sulfonamides is 1. The number of aryl methyl sites for hydroxylation is 1. The third-order valence-electron chi connectivity index (χ3n) is 6.98. The van der Waals surface area contributed by atoms with Gasteiger partial charge in [-0.1, -0.05) is 77.3 Å². The smallest absolute Gasteiger partial charge is 0.264 e. The molecule has 0 aliphatic heterocycles. The Bertz CT molecular complexity index is 1700. The fourth-order valence-electron chi connectivity index (χ4n) is 4.65. The minimum Gasteiger partial charge on any atom is -0.355 e. The minimum atomic E-state index is -4.29. The average Bonchev–Trinajstić information content (AvgIpc) is 3.00. The number of hydrogen-bond donors (Lipinski definition) is 1. The van der Waals surface area contributed by atoms with Gasteiger partial charge in [0, 0.05) is 29.6 Å². The standard InChI is InChI=1S/C33H32Cl2FN3O4S/c1-3-37-33(41)31(19-24-7-5-4-6-8-24)38(21-25-11-12-26(34)20-30(25)35)32(40)22-39(28-15-13-27(36)14-16-28)44(42,43)29-17-9-23(2)10-18-29/h4-18,20,31H,3,19,21-22H2,1-2H3,(H,37,41)/t31-/m1/s1. The summed E-state index contributed by atoms with van der Waals surface area (Å²) in [6.07, 6.45) is 0.158. The molecule has 0 spiro atoms. The quantitative estimate of drug-likeness (QED) is 0.191. The van der Waals surface area contributed by atoms with Crippen molar-refractivity contribution in [1.82, 2.24) is 10.2 Å². The van der Waals surface area contributed by atoms with Crippen LogP contribution in [0, 0.1) is 12.7 Å². The van der Waals surface area contributed by atoms with Gasteiger partial charge in [-0.3, -0.25) is 13.9 Å². The Balaban J connectivity index is 1.81. The molecule has 0 bridgehead atoms. The van der Waals surface area contributed by atoms with Crippen molar-refractivity contribution in [2.45, 2.75) is 37.8 Å². The Morgan fingerprint density at radius 1 is 0.909 bits per heavy atom. The number of halogens is 3. The fraction of sp³-hybridized carbons (Fsp3) is 0.212. The zero-order valence-corrected chi connectivity index (χ0v) is 26.5. The van der Waals surface area contributed by atoms with E-state index in [1.54, 1.807) is 31.2 Å². The Kier molecular flexibility index (Phi) is 11.0. The minimum absolute atomic E-state index is 0.0444. The van der Waals surface area contributed by atoms with Crippen molar-refractivity contribution in [1.29, 1.82) is 0 Å². The largest absolute Gasteiger partial charge is 0.355 e. The molecule has 0 radical (unpaired) electrons. The van der Waals surface area contributed by atoms with Crippen LogP contribution < -0.4 is 9.62 Å². The molecule has 0 aliphatic rings. The summed E-state index contributed by atoms with van der Waals surface area (Å²) in [6.45, 7) is 3.14. The second kappa shape index (κ2) is 14.7. The van der Waals surface area contributed by atoms with Crippen molar-refractivity contribution in [3.63, 3.8) is 0 Å². The monoisotopic (exact) mass is 655 g/mol.